The van der Waals surface area contributed by atoms with Crippen LogP contribution < -0.4 is 0 Å². The Bertz CT molecular complexity index is 537. The van der Waals surface area contributed by atoms with Gasteiger partial charge in [0.1, 0.15) is 0 Å². The normalized spacial score (nSPS) is 14.6. The van der Waals surface area contributed by atoms with Crippen LogP contribution in [0.5, 0.6) is 0 Å². The van der Waals surface area contributed by atoms with Gasteiger partial charge in [0.2, 0.25) is 0 Å². The van der Waals surface area contributed by atoms with Crippen molar-refractivity contribution in [3.8, 4) is 0 Å². The summed E-state index contributed by atoms with van der Waals surface area (Å²) in [7, 11) is 0. The largest absolute Gasteiger partial charge is 0.469 e. The Morgan fingerprint density at radius 1 is 1.05 bits per heavy atom. The van der Waals surface area contributed by atoms with E-state index >= 15 is 0 Å². The fourth-order valence-corrected chi connectivity index (χ4v) is 1.15. The van der Waals surface area contributed by atoms with Crippen LogP contribution in [0.1, 0.15) is 0 Å². The van der Waals surface area contributed by atoms with E-state index in [0.717, 1.165) is 0 Å². The average Bonchev–Trinajstić information content (AvgIpc) is 2.91. The van der Waals surface area contributed by atoms with Crippen molar-refractivity contribution in [1.82, 2.24) is 9.55 Å². The van der Waals surface area contributed by atoms with Crippen molar-refractivity contribution in [3.05, 3.63) is 30.8 Å². The van der Waals surface area contributed by atoms with E-state index in [1.807, 2.05) is 0 Å². The maximum absolute atomic E-state index is 13.3. The van der Waals surface area contributed by atoms with Crippen molar-refractivity contribution in [3.63, 3.8) is 0 Å². The summed E-state index contributed by atoms with van der Waals surface area (Å²) < 4.78 is 129. The highest BCUT2D eigenvalue weighted by molar-refractivity contribution is 4.96. The molecular weight excluding hydrogens is 342 g/mol. The van der Waals surface area contributed by atoms with E-state index < -0.39 is 40.9 Å². The standard InChI is InChI=1S/C9H4F10N2O/c10-4(11)5(12)22-9(18,19)7(14,15)6(13)8(16,17)21-2-1-20-3-21/h1-3,6H. The molecule has 1 heterocycles. The number of rotatable bonds is 6. The maximum atomic E-state index is 13.3. The zero-order valence-corrected chi connectivity index (χ0v) is 9.89. The molecule has 22 heavy (non-hydrogen) atoms. The number of halogens is 10. The smallest absolute Gasteiger partial charge is 0.398 e. The van der Waals surface area contributed by atoms with Gasteiger partial charge in [0.15, 0.2) is 0 Å². The molecule has 1 aromatic heterocycles. The monoisotopic (exact) mass is 346 g/mol. The minimum Gasteiger partial charge on any atom is -0.398 e. The summed E-state index contributed by atoms with van der Waals surface area (Å²) in [6.07, 6.45) is -13.8. The molecule has 0 aliphatic heterocycles. The molecule has 1 aromatic rings. The number of alkyl halides is 7. The second-order valence-corrected chi connectivity index (χ2v) is 3.70. The van der Waals surface area contributed by atoms with Gasteiger partial charge in [-0.3, -0.25) is 4.57 Å². The highest BCUT2D eigenvalue weighted by Gasteiger charge is 2.72. The highest BCUT2D eigenvalue weighted by atomic mass is 19.3. The summed E-state index contributed by atoms with van der Waals surface area (Å²) in [5.74, 6) is -6.35. The highest BCUT2D eigenvalue weighted by Crippen LogP contribution is 2.47. The Labute approximate surface area is 114 Å². The van der Waals surface area contributed by atoms with Gasteiger partial charge in [0, 0.05) is 12.4 Å². The maximum Gasteiger partial charge on any atom is 0.469 e. The lowest BCUT2D eigenvalue weighted by Crippen LogP contribution is -2.56. The van der Waals surface area contributed by atoms with Crippen LogP contribution in [-0.2, 0) is 10.8 Å². The van der Waals surface area contributed by atoms with Gasteiger partial charge in [0.25, 0.3) is 6.17 Å². The minimum atomic E-state index is -6.35. The SMILES string of the molecule is FC(F)=C(F)OC(F)(F)C(F)(F)C(F)C(F)(F)n1ccnc1. The van der Waals surface area contributed by atoms with Crippen LogP contribution in [0.25, 0.3) is 0 Å². The number of aromatic nitrogens is 2. The van der Waals surface area contributed by atoms with Crippen LogP contribution in [-0.4, -0.2) is 27.8 Å². The van der Waals surface area contributed by atoms with Crippen LogP contribution in [0.2, 0.25) is 0 Å². The molecule has 0 radical (unpaired) electrons. The summed E-state index contributed by atoms with van der Waals surface area (Å²) in [5.41, 5.74) is 0. The number of ether oxygens (including phenoxy) is 1. The van der Waals surface area contributed by atoms with Gasteiger partial charge in [-0.15, -0.1) is 0 Å². The molecule has 0 aliphatic carbocycles. The van der Waals surface area contributed by atoms with Crippen LogP contribution in [0, 0.1) is 0 Å². The minimum absolute atomic E-state index is 0.142. The third kappa shape index (κ3) is 3.11. The van der Waals surface area contributed by atoms with E-state index in [2.05, 4.69) is 9.72 Å². The van der Waals surface area contributed by atoms with E-state index in [-0.39, 0.29) is 12.5 Å². The first-order valence-electron chi connectivity index (χ1n) is 4.99. The van der Waals surface area contributed by atoms with Crippen molar-refractivity contribution in [1.29, 1.82) is 0 Å². The summed E-state index contributed by atoms with van der Waals surface area (Å²) in [6.45, 7) is 0. The third-order valence-electron chi connectivity index (χ3n) is 2.23. The molecule has 0 bridgehead atoms. The number of imidazole rings is 1. The van der Waals surface area contributed by atoms with E-state index in [4.69, 9.17) is 0 Å². The predicted octanol–water partition coefficient (Wildman–Crippen LogP) is 4.05. The number of hydrogen-bond acceptors (Lipinski definition) is 2. The first-order chi connectivity index (χ1) is 9.84. The molecule has 0 saturated carbocycles. The Balaban J connectivity index is 3.13. The van der Waals surface area contributed by atoms with Gasteiger partial charge < -0.3 is 4.74 Å². The summed E-state index contributed by atoms with van der Waals surface area (Å²) >= 11 is 0. The molecule has 1 rings (SSSR count). The Morgan fingerprint density at radius 3 is 2.00 bits per heavy atom. The van der Waals surface area contributed by atoms with Crippen molar-refractivity contribution >= 4 is 0 Å². The Hall–Kier alpha value is -1.95. The zero-order chi connectivity index (χ0) is 17.3. The van der Waals surface area contributed by atoms with E-state index in [0.29, 0.717) is 6.20 Å². The molecule has 3 nitrogen and oxygen atoms in total. The molecule has 0 aliphatic rings. The molecule has 0 spiro atoms. The number of nitrogens with zero attached hydrogens (tertiary/aromatic N) is 2. The molecular formula is C9H4F10N2O. The second kappa shape index (κ2) is 5.68. The molecule has 0 saturated heterocycles. The topological polar surface area (TPSA) is 27.1 Å². The molecule has 0 aromatic carbocycles. The molecule has 0 fully saturated rings. The van der Waals surface area contributed by atoms with E-state index in [9.17, 15) is 43.9 Å². The third-order valence-corrected chi connectivity index (χ3v) is 2.23. The summed E-state index contributed by atoms with van der Waals surface area (Å²) in [6, 6.07) is -8.70. The second-order valence-electron chi connectivity index (χ2n) is 3.70. The lowest BCUT2D eigenvalue weighted by molar-refractivity contribution is -0.378. The van der Waals surface area contributed by atoms with Crippen LogP contribution >= 0.6 is 0 Å². The lowest BCUT2D eigenvalue weighted by atomic mass is 10.1. The fourth-order valence-electron chi connectivity index (χ4n) is 1.15. The predicted molar refractivity (Wildman–Crippen MR) is 48.6 cm³/mol. The Kier molecular flexibility index (Phi) is 4.67. The van der Waals surface area contributed by atoms with Crippen molar-refractivity contribution in [2.24, 2.45) is 0 Å². The quantitative estimate of drug-likeness (QED) is 0.574. The van der Waals surface area contributed by atoms with E-state index in [1.165, 1.54) is 0 Å². The first kappa shape index (κ1) is 18.1. The summed E-state index contributed by atoms with van der Waals surface area (Å²) in [5, 5.41) is 0. The van der Waals surface area contributed by atoms with Crippen LogP contribution in [0.3, 0.4) is 0 Å². The van der Waals surface area contributed by atoms with Crippen LogP contribution in [0.15, 0.2) is 30.8 Å². The average molecular weight is 346 g/mol. The molecule has 126 valence electrons. The van der Waals surface area contributed by atoms with Crippen molar-refractivity contribution in [2.75, 3.05) is 0 Å². The van der Waals surface area contributed by atoms with Crippen molar-refractivity contribution in [2.45, 2.75) is 24.2 Å². The van der Waals surface area contributed by atoms with Crippen LogP contribution in [0.4, 0.5) is 43.9 Å². The molecule has 1 unspecified atom stereocenters. The molecule has 0 N–H and O–H groups in total. The van der Waals surface area contributed by atoms with E-state index in [1.54, 1.807) is 0 Å². The van der Waals surface area contributed by atoms with Crippen molar-refractivity contribution < 1.29 is 48.6 Å². The van der Waals surface area contributed by atoms with Gasteiger partial charge in [-0.05, 0) is 0 Å². The lowest BCUT2D eigenvalue weighted by Gasteiger charge is -2.31. The van der Waals surface area contributed by atoms with Gasteiger partial charge in [-0.2, -0.15) is 39.5 Å². The first-order valence-corrected chi connectivity index (χ1v) is 4.99. The number of hydrogen-bond donors (Lipinski definition) is 0. The molecule has 13 heteroatoms. The zero-order valence-electron chi connectivity index (χ0n) is 9.89. The van der Waals surface area contributed by atoms with Gasteiger partial charge in [0.05, 0.1) is 6.33 Å². The molecule has 0 amide bonds. The van der Waals surface area contributed by atoms with Gasteiger partial charge >= 0.3 is 30.2 Å². The van der Waals surface area contributed by atoms with Gasteiger partial charge in [-0.25, -0.2) is 9.37 Å². The molecule has 1 atom stereocenters. The van der Waals surface area contributed by atoms with Gasteiger partial charge in [-0.1, -0.05) is 0 Å². The summed E-state index contributed by atoms with van der Waals surface area (Å²) in [4.78, 5) is 2.97. The Morgan fingerprint density at radius 2 is 1.59 bits per heavy atom. The fraction of sp³-hybridized carbons (Fsp3) is 0.444.